The molecule has 0 fully saturated rings. The summed E-state index contributed by atoms with van der Waals surface area (Å²) in [4.78, 5) is 44.1. The molecule has 0 unspecified atom stereocenters. The summed E-state index contributed by atoms with van der Waals surface area (Å²) in [6.45, 7) is 16.5. The molecule has 0 saturated carbocycles. The number of rotatable bonds is 11. The van der Waals surface area contributed by atoms with E-state index in [0.29, 0.717) is 25.1 Å². The number of amides is 1. The van der Waals surface area contributed by atoms with Crippen LogP contribution in [0.25, 0.3) is 71.8 Å². The van der Waals surface area contributed by atoms with Crippen molar-refractivity contribution in [3.05, 3.63) is 141 Å². The molecule has 4 aromatic heterocycles. The second kappa shape index (κ2) is 16.0. The maximum atomic E-state index is 13.5. The van der Waals surface area contributed by atoms with Gasteiger partial charge in [-0.2, -0.15) is 0 Å². The van der Waals surface area contributed by atoms with Gasteiger partial charge in [0.05, 0.1) is 18.0 Å². The van der Waals surface area contributed by atoms with Crippen LogP contribution in [0.15, 0.2) is 90.7 Å². The Morgan fingerprint density at radius 3 is 2.00 bits per heavy atom. The van der Waals surface area contributed by atoms with Crippen LogP contribution in [0, 0.1) is 13.8 Å². The van der Waals surface area contributed by atoms with Gasteiger partial charge in [0.2, 0.25) is 0 Å². The molecular weight excluding hydrogens is 792 g/mol. The van der Waals surface area contributed by atoms with Crippen LogP contribution in [0.1, 0.15) is 78.1 Å². The number of hydrogen-bond acceptors (Lipinski definition) is 6. The van der Waals surface area contributed by atoms with Gasteiger partial charge in [0.25, 0.3) is 0 Å². The van der Waals surface area contributed by atoms with Crippen molar-refractivity contribution >= 4 is 92.5 Å². The molecule has 292 valence electrons. The number of aliphatic hydroxyl groups excluding tert-OH is 1. The third-order valence-corrected chi connectivity index (χ3v) is 13.4. The number of hydrogen-bond donors (Lipinski definition) is 4. The third kappa shape index (κ3) is 7.18. The monoisotopic (exact) mass is 836 g/mol. The smallest absolute Gasteiger partial charge is 0.143 e. The largest absolute Gasteiger partial charge is 0.371 e. The Hall–Kier alpha value is -6.10. The van der Waals surface area contributed by atoms with Gasteiger partial charge in [0, 0.05) is 33.2 Å². The summed E-state index contributed by atoms with van der Waals surface area (Å²) < 4.78 is 8.25. The molecule has 0 radical (unpaired) electrons. The summed E-state index contributed by atoms with van der Waals surface area (Å²) in [6, 6.07) is 23.4. The van der Waals surface area contributed by atoms with Crippen LogP contribution in [0.2, 0.25) is 0 Å². The van der Waals surface area contributed by atoms with Crippen molar-refractivity contribution < 1.29 is 14.6 Å². The Kier molecular flexibility index (Phi) is 10.7. The average Bonchev–Trinajstić information content (AvgIpc) is 3.97. The number of aryl methyl sites for hydroxylation is 2. The van der Waals surface area contributed by atoms with Crippen LogP contribution >= 0.6 is 0 Å². The SMILES string of the molecule is C=Cc1c(C)c2cc3[nH]c(cc4nc(cc5nc(cc1[nH]2)C(C)=C5CCC(=O)Nc1ccc(-n2[se]c5ccccc5c2=O)cc1)C(CCOCO)=C4C)c(C)c3C=C. The van der Waals surface area contributed by atoms with E-state index >= 15 is 0 Å². The first-order valence-electron chi connectivity index (χ1n) is 19.2. The molecule has 10 nitrogen and oxygen atoms in total. The van der Waals surface area contributed by atoms with Gasteiger partial charge < -0.3 is 19.8 Å². The number of nitrogens with one attached hydrogen (secondary N) is 3. The topological polar surface area (TPSA) is 138 Å². The number of carbonyl (C=O) groups is 1. The number of aromatic amines is 2. The number of benzene rings is 2. The first-order chi connectivity index (χ1) is 28.1. The van der Waals surface area contributed by atoms with Crippen LogP contribution in [0.5, 0.6) is 0 Å². The van der Waals surface area contributed by atoms with Crippen molar-refractivity contribution in [2.45, 2.75) is 47.0 Å². The van der Waals surface area contributed by atoms with Crippen molar-refractivity contribution in [3.63, 3.8) is 0 Å². The average molecular weight is 836 g/mol. The van der Waals surface area contributed by atoms with E-state index in [1.807, 2.05) is 77.2 Å². The van der Waals surface area contributed by atoms with E-state index in [1.165, 1.54) is 0 Å². The van der Waals surface area contributed by atoms with Gasteiger partial charge in [-0.1, -0.05) is 25.3 Å². The molecule has 2 aromatic carbocycles. The predicted molar refractivity (Wildman–Crippen MR) is 238 cm³/mol. The fourth-order valence-corrected chi connectivity index (χ4v) is 9.92. The summed E-state index contributed by atoms with van der Waals surface area (Å²) in [6.07, 6.45) is 4.95. The molecule has 0 aliphatic carbocycles. The molecule has 4 N–H and O–H groups in total. The standard InChI is InChI=1S/C47H44N6O4Se/c1-7-32-26(3)37-21-38-29(6)35(19-20-57-25-54)44(51-38)24-43-34(28(5)40(52-43)23-42-33(8-2)27(4)39(50-42)22-41(32)49-37)17-18-46(55)48-30-13-15-31(16-14-30)53-47(56)36-11-9-10-12-45(36)58-53/h7-16,21-24,49-50,54H,1-2,17-20,25H2,3-6H3,(H,48,55). The number of anilines is 1. The molecule has 11 heteroatoms. The summed E-state index contributed by atoms with van der Waals surface area (Å²) in [5.74, 6) is -0.133. The Labute approximate surface area is 342 Å². The van der Waals surface area contributed by atoms with Crippen molar-refractivity contribution in [2.75, 3.05) is 18.7 Å². The number of nitrogens with zero attached hydrogens (tertiary/aromatic N) is 3. The number of aromatic nitrogens is 5. The number of H-pyrrole nitrogens is 2. The second-order valence-corrected chi connectivity index (χ2v) is 16.6. The Morgan fingerprint density at radius 1 is 0.793 bits per heavy atom. The summed E-state index contributed by atoms with van der Waals surface area (Å²) >= 11 is -0.136. The van der Waals surface area contributed by atoms with Gasteiger partial charge in [-0.25, -0.2) is 4.98 Å². The number of allylic oxidation sites excluding steroid dienone is 3. The van der Waals surface area contributed by atoms with Gasteiger partial charge in [0.1, 0.15) is 6.79 Å². The number of ether oxygens (including phenoxy) is 1. The summed E-state index contributed by atoms with van der Waals surface area (Å²) in [7, 11) is 0. The molecule has 0 atom stereocenters. The number of carbonyl (C=O) groups excluding carboxylic acids is 1. The Balaban J connectivity index is 1.18. The van der Waals surface area contributed by atoms with Gasteiger partial charge in [0.15, 0.2) is 0 Å². The molecule has 0 spiro atoms. The van der Waals surface area contributed by atoms with Gasteiger partial charge in [-0.3, -0.25) is 0 Å². The number of aliphatic hydroxyl groups is 1. The van der Waals surface area contributed by atoms with Crippen molar-refractivity contribution in [3.8, 4) is 5.69 Å². The van der Waals surface area contributed by atoms with E-state index < -0.39 is 0 Å². The van der Waals surface area contributed by atoms with Gasteiger partial charge in [-0.05, 0) is 67.7 Å². The van der Waals surface area contributed by atoms with E-state index in [2.05, 4.69) is 67.4 Å². The van der Waals surface area contributed by atoms with E-state index in [4.69, 9.17) is 14.7 Å². The molecule has 0 saturated heterocycles. The maximum Gasteiger partial charge on any atom is 0.143 e. The quantitative estimate of drug-likeness (QED) is 0.0584. The van der Waals surface area contributed by atoms with E-state index in [0.717, 1.165) is 105 Å². The predicted octanol–water partition coefficient (Wildman–Crippen LogP) is 9.22. The zero-order valence-electron chi connectivity index (χ0n) is 33.0. The zero-order valence-corrected chi connectivity index (χ0v) is 34.7. The van der Waals surface area contributed by atoms with Crippen LogP contribution in [-0.2, 0) is 9.53 Å². The molecule has 58 heavy (non-hydrogen) atoms. The fourth-order valence-electron chi connectivity index (χ4n) is 7.83. The minimum atomic E-state index is -0.365. The summed E-state index contributed by atoms with van der Waals surface area (Å²) in [5, 5.41) is 13.2. The summed E-state index contributed by atoms with van der Waals surface area (Å²) in [5.41, 5.74) is 16.3. The molecule has 6 aromatic rings. The fraction of sp³-hybridized carbons (Fsp3) is 0.191. The van der Waals surface area contributed by atoms with Crippen LogP contribution < -0.4 is 10.9 Å². The molecule has 2 aliphatic rings. The Morgan fingerprint density at radius 2 is 1.38 bits per heavy atom. The maximum absolute atomic E-state index is 13.5. The van der Waals surface area contributed by atoms with Gasteiger partial charge >= 0.3 is 168 Å². The molecule has 6 heterocycles. The first kappa shape index (κ1) is 38.8. The van der Waals surface area contributed by atoms with Crippen LogP contribution in [-0.4, -0.2) is 62.6 Å². The third-order valence-electron chi connectivity index (χ3n) is 11.1. The zero-order chi connectivity index (χ0) is 40.7. The molecule has 2 aliphatic heterocycles. The second-order valence-electron chi connectivity index (χ2n) is 14.5. The van der Waals surface area contributed by atoms with Crippen molar-refractivity contribution in [2.24, 2.45) is 0 Å². The van der Waals surface area contributed by atoms with E-state index in [9.17, 15) is 14.7 Å². The Bertz CT molecular complexity index is 2960. The van der Waals surface area contributed by atoms with Crippen molar-refractivity contribution in [1.82, 2.24) is 23.5 Å². The van der Waals surface area contributed by atoms with E-state index in [-0.39, 0.29) is 39.4 Å². The van der Waals surface area contributed by atoms with Crippen LogP contribution in [0.4, 0.5) is 5.69 Å². The van der Waals surface area contributed by atoms with E-state index in [1.54, 1.807) is 0 Å². The number of fused-ring (bicyclic) bond motifs is 9. The van der Waals surface area contributed by atoms with Crippen LogP contribution in [0.3, 0.4) is 0 Å². The molecule has 1 amide bonds. The molecule has 8 rings (SSSR count). The minimum absolute atomic E-state index is 0.00300. The van der Waals surface area contributed by atoms with Gasteiger partial charge in [-0.15, -0.1) is 0 Å². The molecular formula is C47H44N6O4Se. The normalized spacial score (nSPS) is 12.8. The van der Waals surface area contributed by atoms with Crippen molar-refractivity contribution in [1.29, 1.82) is 0 Å². The minimum Gasteiger partial charge on any atom is -0.371 e. The molecule has 8 bridgehead atoms. The first-order valence-corrected chi connectivity index (χ1v) is 20.8.